The predicted octanol–water partition coefficient (Wildman–Crippen LogP) is 4.47. The van der Waals surface area contributed by atoms with Crippen LogP contribution in [0.4, 0.5) is 0 Å². The lowest BCUT2D eigenvalue weighted by Gasteiger charge is -2.48. The summed E-state index contributed by atoms with van der Waals surface area (Å²) in [5.41, 5.74) is 0.656. The molecule has 92 valence electrons. The average Bonchev–Trinajstić information content (AvgIpc) is 2.18. The monoisotopic (exact) mass is 213 g/mol. The Morgan fingerprint density at radius 2 is 1.20 bits per heavy atom. The highest BCUT2D eigenvalue weighted by atomic mass is 15.2. The molecule has 0 fully saturated rings. The molecule has 15 heavy (non-hydrogen) atoms. The van der Waals surface area contributed by atoms with Crippen molar-refractivity contribution in [3.63, 3.8) is 0 Å². The van der Waals surface area contributed by atoms with Crippen molar-refractivity contribution in [3.05, 3.63) is 0 Å². The van der Waals surface area contributed by atoms with Crippen LogP contribution in [0.25, 0.3) is 0 Å². The van der Waals surface area contributed by atoms with Gasteiger partial charge in [-0.15, -0.1) is 0 Å². The van der Waals surface area contributed by atoms with E-state index in [1.165, 1.54) is 32.2 Å². The molecule has 0 saturated carbocycles. The summed E-state index contributed by atoms with van der Waals surface area (Å²) in [6.07, 6.45) is 5.04. The average molecular weight is 213 g/mol. The Bertz CT molecular complexity index is 154. The maximum Gasteiger partial charge on any atom is 0.0155 e. The Hall–Kier alpha value is -0.0400. The third-order valence-corrected chi connectivity index (χ3v) is 3.93. The summed E-state index contributed by atoms with van der Waals surface area (Å²) in [7, 11) is 0. The molecule has 0 rings (SSSR count). The van der Waals surface area contributed by atoms with Crippen molar-refractivity contribution in [2.75, 3.05) is 6.54 Å². The van der Waals surface area contributed by atoms with Gasteiger partial charge < -0.3 is 0 Å². The number of hydrogen-bond acceptors (Lipinski definition) is 1. The molecular weight excluding hydrogens is 182 g/mol. The third-order valence-electron chi connectivity index (χ3n) is 3.93. The predicted molar refractivity (Wildman–Crippen MR) is 70.4 cm³/mol. The van der Waals surface area contributed by atoms with E-state index in [0.717, 1.165) is 0 Å². The smallest absolute Gasteiger partial charge is 0.0155 e. The molecule has 1 nitrogen and oxygen atoms in total. The van der Waals surface area contributed by atoms with E-state index in [-0.39, 0.29) is 0 Å². The van der Waals surface area contributed by atoms with E-state index < -0.39 is 0 Å². The van der Waals surface area contributed by atoms with Gasteiger partial charge in [-0.05, 0) is 53.5 Å². The van der Waals surface area contributed by atoms with Gasteiger partial charge in [-0.2, -0.15) is 0 Å². The highest BCUT2D eigenvalue weighted by Gasteiger charge is 2.34. The summed E-state index contributed by atoms with van der Waals surface area (Å²) in [5, 5.41) is 0. The fourth-order valence-electron chi connectivity index (χ4n) is 2.12. The maximum absolute atomic E-state index is 2.70. The Morgan fingerprint density at radius 3 is 1.47 bits per heavy atom. The van der Waals surface area contributed by atoms with Crippen LogP contribution in [0.2, 0.25) is 0 Å². The lowest BCUT2D eigenvalue weighted by molar-refractivity contribution is 0.0101. The lowest BCUT2D eigenvalue weighted by Crippen LogP contribution is -2.55. The summed E-state index contributed by atoms with van der Waals surface area (Å²) in [5.74, 6) is 0. The van der Waals surface area contributed by atoms with E-state index >= 15 is 0 Å². The molecule has 0 heterocycles. The van der Waals surface area contributed by atoms with Gasteiger partial charge in [0.15, 0.2) is 0 Å². The van der Waals surface area contributed by atoms with E-state index in [1.807, 2.05) is 0 Å². The van der Waals surface area contributed by atoms with Gasteiger partial charge in [-0.1, -0.05) is 27.2 Å². The van der Waals surface area contributed by atoms with Gasteiger partial charge in [0.2, 0.25) is 0 Å². The van der Waals surface area contributed by atoms with Crippen LogP contribution in [0.5, 0.6) is 0 Å². The fourth-order valence-corrected chi connectivity index (χ4v) is 2.12. The molecule has 0 saturated heterocycles. The molecular formula is C14H31N. The maximum atomic E-state index is 2.70. The summed E-state index contributed by atoms with van der Waals surface area (Å²) in [6, 6.07) is 0. The van der Waals surface area contributed by atoms with Gasteiger partial charge >= 0.3 is 0 Å². The summed E-state index contributed by atoms with van der Waals surface area (Å²) < 4.78 is 0. The summed E-state index contributed by atoms with van der Waals surface area (Å²) >= 11 is 0. The highest BCUT2D eigenvalue weighted by Crippen LogP contribution is 2.30. The van der Waals surface area contributed by atoms with E-state index in [0.29, 0.717) is 11.1 Å². The van der Waals surface area contributed by atoms with Crippen LogP contribution in [0, 0.1) is 0 Å². The minimum Gasteiger partial charge on any atom is -0.293 e. The van der Waals surface area contributed by atoms with Crippen molar-refractivity contribution in [1.29, 1.82) is 0 Å². The molecule has 0 amide bonds. The van der Waals surface area contributed by atoms with Gasteiger partial charge in [-0.25, -0.2) is 0 Å². The topological polar surface area (TPSA) is 3.24 Å². The Kier molecular flexibility index (Phi) is 5.87. The first-order chi connectivity index (χ1) is 6.81. The molecule has 0 N–H and O–H groups in total. The van der Waals surface area contributed by atoms with Crippen molar-refractivity contribution in [1.82, 2.24) is 4.90 Å². The van der Waals surface area contributed by atoms with Crippen LogP contribution in [0.1, 0.15) is 74.1 Å². The minimum absolute atomic E-state index is 0.328. The summed E-state index contributed by atoms with van der Waals surface area (Å²) in [4.78, 5) is 2.70. The Balaban J connectivity index is 4.72. The molecule has 0 bridgehead atoms. The Labute approximate surface area is 97.2 Å². The van der Waals surface area contributed by atoms with Crippen molar-refractivity contribution in [2.24, 2.45) is 0 Å². The quantitative estimate of drug-likeness (QED) is 0.603. The summed E-state index contributed by atoms with van der Waals surface area (Å²) in [6.45, 7) is 17.6. The largest absolute Gasteiger partial charge is 0.293 e. The number of nitrogens with zero attached hydrogens (tertiary/aromatic N) is 1. The molecule has 0 aliphatic heterocycles. The molecule has 0 radical (unpaired) electrons. The molecule has 0 aromatic rings. The first kappa shape index (κ1) is 15.0. The number of hydrogen-bond donors (Lipinski definition) is 0. The molecule has 0 aliphatic carbocycles. The first-order valence-corrected chi connectivity index (χ1v) is 6.59. The van der Waals surface area contributed by atoms with E-state index in [9.17, 15) is 0 Å². The van der Waals surface area contributed by atoms with Crippen LogP contribution < -0.4 is 0 Å². The van der Waals surface area contributed by atoms with Crippen molar-refractivity contribution in [3.8, 4) is 0 Å². The minimum atomic E-state index is 0.328. The lowest BCUT2D eigenvalue weighted by atomic mass is 9.89. The fraction of sp³-hybridized carbons (Fsp3) is 1.00. The molecule has 0 aromatic heterocycles. The zero-order valence-corrected chi connectivity index (χ0v) is 12.0. The van der Waals surface area contributed by atoms with E-state index in [4.69, 9.17) is 0 Å². The molecule has 0 unspecified atom stereocenters. The third kappa shape index (κ3) is 4.14. The molecule has 0 atom stereocenters. The van der Waals surface area contributed by atoms with Gasteiger partial charge in [0, 0.05) is 11.1 Å². The van der Waals surface area contributed by atoms with E-state index in [1.54, 1.807) is 0 Å². The Morgan fingerprint density at radius 1 is 0.800 bits per heavy atom. The van der Waals surface area contributed by atoms with Crippen LogP contribution in [-0.4, -0.2) is 22.5 Å². The zero-order valence-electron chi connectivity index (χ0n) is 12.0. The van der Waals surface area contributed by atoms with Gasteiger partial charge in [0.05, 0.1) is 0 Å². The van der Waals surface area contributed by atoms with Gasteiger partial charge in [-0.3, -0.25) is 4.90 Å². The first-order valence-electron chi connectivity index (χ1n) is 6.59. The molecule has 0 aromatic carbocycles. The van der Waals surface area contributed by atoms with Gasteiger partial charge in [0.25, 0.3) is 0 Å². The van der Waals surface area contributed by atoms with E-state index in [2.05, 4.69) is 53.4 Å². The van der Waals surface area contributed by atoms with Crippen LogP contribution in [0.3, 0.4) is 0 Å². The second-order valence-corrected chi connectivity index (χ2v) is 5.84. The molecule has 1 heteroatoms. The van der Waals surface area contributed by atoms with Gasteiger partial charge in [0.1, 0.15) is 0 Å². The van der Waals surface area contributed by atoms with Crippen molar-refractivity contribution >= 4 is 0 Å². The van der Waals surface area contributed by atoms with Crippen molar-refractivity contribution < 1.29 is 0 Å². The second kappa shape index (κ2) is 5.89. The second-order valence-electron chi connectivity index (χ2n) is 5.84. The molecule has 0 aliphatic rings. The van der Waals surface area contributed by atoms with Crippen molar-refractivity contribution in [2.45, 2.75) is 85.2 Å². The normalized spacial score (nSPS) is 13.6. The standard InChI is InChI=1S/C14H31N/c1-8-11-12-15(13(4,5)9-2)14(6,7)10-3/h8-12H2,1-7H3. The van der Waals surface area contributed by atoms with Crippen LogP contribution in [-0.2, 0) is 0 Å². The number of unbranched alkanes of at least 4 members (excludes halogenated alkanes) is 1. The zero-order chi connectivity index (χ0) is 12.1. The van der Waals surface area contributed by atoms with Crippen LogP contribution in [0.15, 0.2) is 0 Å². The molecule has 0 spiro atoms. The van der Waals surface area contributed by atoms with Crippen LogP contribution >= 0.6 is 0 Å². The highest BCUT2D eigenvalue weighted by molar-refractivity contribution is 4.90. The number of rotatable bonds is 7. The SMILES string of the molecule is CCCCN(C(C)(C)CC)C(C)(C)CC.